The Balaban J connectivity index is 0.000000108. The molecule has 0 unspecified atom stereocenters. The molecule has 9 aromatic heterocycles. The summed E-state index contributed by atoms with van der Waals surface area (Å²) < 4.78 is 27.8. The van der Waals surface area contributed by atoms with E-state index in [-0.39, 0.29) is 0 Å². The summed E-state index contributed by atoms with van der Waals surface area (Å²) in [6, 6.07) is 189. The fourth-order valence-electron chi connectivity index (χ4n) is 22.2. The highest BCUT2D eigenvalue weighted by Crippen LogP contribution is 2.50. The first-order valence-electron chi connectivity index (χ1n) is 50.8. The molecule has 0 fully saturated rings. The minimum Gasteiger partial charge on any atom is -0.455 e. The van der Waals surface area contributed by atoms with Gasteiger partial charge in [0.05, 0.1) is 83.4 Å². The summed E-state index contributed by atoms with van der Waals surface area (Å²) in [4.78, 5) is 20.3. The molecule has 9 heterocycles. The third-order valence-electron chi connectivity index (χ3n) is 29.3. The zero-order valence-corrected chi connectivity index (χ0v) is 81.2. The van der Waals surface area contributed by atoms with Crippen LogP contribution in [-0.4, -0.2) is 33.6 Å². The number of para-hydroxylation sites is 9. The first-order chi connectivity index (χ1) is 74.4. The molecule has 21 aromatic carbocycles. The third kappa shape index (κ3) is 15.5. The van der Waals surface area contributed by atoms with Crippen molar-refractivity contribution in [2.45, 2.75) is 0 Å². The van der Waals surface area contributed by atoms with E-state index in [4.69, 9.17) is 33.2 Å². The number of hydrogen-bond donors (Lipinski definition) is 0. The van der Waals surface area contributed by atoms with E-state index in [9.17, 15) is 0 Å². The summed E-state index contributed by atoms with van der Waals surface area (Å²) in [6.45, 7) is 0. The number of rotatable bonds is 15. The van der Waals surface area contributed by atoms with E-state index in [2.05, 4.69) is 499 Å². The average molecular weight is 1920 g/mol. The van der Waals surface area contributed by atoms with Crippen LogP contribution in [0.15, 0.2) is 553 Å². The second kappa shape index (κ2) is 37.2. The van der Waals surface area contributed by atoms with Crippen LogP contribution >= 0.6 is 0 Å². The van der Waals surface area contributed by atoms with Crippen LogP contribution in [0, 0.1) is 0 Å². The van der Waals surface area contributed by atoms with Crippen LogP contribution in [0.25, 0.3) is 283 Å². The van der Waals surface area contributed by atoms with Crippen molar-refractivity contribution in [3.05, 3.63) is 540 Å². The highest BCUT2D eigenvalue weighted by molar-refractivity contribution is 6.28. The molecular weight excluding hydrogens is 1830 g/mol. The second-order valence-electron chi connectivity index (χ2n) is 38.1. The topological polar surface area (TPSA) is 106 Å². The molecule has 30 rings (SSSR count). The molecule has 0 radical (unpaired) electrons. The van der Waals surface area contributed by atoms with Crippen molar-refractivity contribution in [3.63, 3.8) is 0 Å². The molecular formula is C140H89N7O3. The Morgan fingerprint density at radius 2 is 0.353 bits per heavy atom. The fourth-order valence-corrected chi connectivity index (χ4v) is 22.2. The van der Waals surface area contributed by atoms with Crippen molar-refractivity contribution < 1.29 is 13.3 Å². The van der Waals surface area contributed by atoms with Gasteiger partial charge in [0.2, 0.25) is 0 Å². The van der Waals surface area contributed by atoms with E-state index < -0.39 is 0 Å². The lowest BCUT2D eigenvalue weighted by molar-refractivity contribution is 0.673. The summed E-state index contributed by atoms with van der Waals surface area (Å²) in [5.74, 6) is 0.691. The number of furan rings is 3. The first-order valence-corrected chi connectivity index (χ1v) is 50.8. The number of benzene rings is 21. The Labute approximate surface area is 863 Å². The molecule has 0 aliphatic rings. The predicted octanol–water partition coefficient (Wildman–Crippen LogP) is 37.6. The standard InChI is InChI=1S/2C47H30N2O.C46H29N3O/c1-4-13-33(14-5-1)41-29-35(30-42(48-41)34-15-6-2-7-16-34)31-23-25-32(26-24-31)37-20-12-21-38-39-27-28-44-45(47(39)50-46(37)38)40-19-10-11-22-43(40)49(44)36-17-8-3-9-18-36;1-4-13-31(14-5-1)35-29-41(33-15-6-2-7-16-33)48-42(30-35)34-25-23-32(24-26-34)37-20-12-21-38-39-27-28-44-45(47(39)50-46(37)38)40-19-10-11-22-43(40)49(44)36-17-8-3-9-18-36;1-4-13-31(14-5-1)39-29-40(32-15-6-2-7-16-32)48-46(47-39)33-25-23-30(24-26-33)35-20-12-21-36-37-27-28-42-43(45(37)50-44(35)36)38-19-10-11-22-41(38)49(42)34-17-8-3-9-18-34/h2*1-30H;1-29H. The molecule has 702 valence electrons. The molecule has 0 atom stereocenters. The lowest BCUT2D eigenvalue weighted by Gasteiger charge is -2.11. The van der Waals surface area contributed by atoms with Gasteiger partial charge in [0, 0.05) is 121 Å². The summed E-state index contributed by atoms with van der Waals surface area (Å²) in [6.07, 6.45) is 0. The summed E-state index contributed by atoms with van der Waals surface area (Å²) in [5.41, 5.74) is 39.8. The van der Waals surface area contributed by atoms with Crippen molar-refractivity contribution >= 4 is 131 Å². The van der Waals surface area contributed by atoms with Gasteiger partial charge in [-0.05, 0) is 160 Å². The Hall–Kier alpha value is -20.2. The summed E-state index contributed by atoms with van der Waals surface area (Å²) in [5, 5.41) is 13.6. The summed E-state index contributed by atoms with van der Waals surface area (Å²) >= 11 is 0. The SMILES string of the molecule is c1ccc(-c2cc(-c3ccc(-c4cccc5c4oc4c5ccc5c4c4ccccc4n5-c4ccccc4)cc3)cc(-c3ccccc3)n2)cc1.c1ccc(-c2cc(-c3ccccc3)nc(-c3ccc(-c4cccc5c4oc4c5ccc5c4c4ccccc4n5-c4ccccc4)cc3)c2)cc1.c1ccc(-c2cc(-c3ccccc3)nc(-c3ccc(-c4cccc5c4oc4c5ccc5c4c4ccccc4n5-c4ccccc4)cc3)n2)cc1. The minimum atomic E-state index is 0.691. The molecule has 0 aliphatic carbocycles. The van der Waals surface area contributed by atoms with Gasteiger partial charge in [-0.15, -0.1) is 0 Å². The van der Waals surface area contributed by atoms with E-state index in [1.165, 1.54) is 27.2 Å². The van der Waals surface area contributed by atoms with Gasteiger partial charge in [-0.25, -0.2) is 19.9 Å². The lowest BCUT2D eigenvalue weighted by Crippen LogP contribution is -1.95. The smallest absolute Gasteiger partial charge is 0.160 e. The maximum Gasteiger partial charge on any atom is 0.160 e. The highest BCUT2D eigenvalue weighted by Gasteiger charge is 2.27. The van der Waals surface area contributed by atoms with E-state index in [0.29, 0.717) is 5.82 Å². The van der Waals surface area contributed by atoms with Gasteiger partial charge in [0.1, 0.15) is 33.5 Å². The van der Waals surface area contributed by atoms with Crippen molar-refractivity contribution in [3.8, 4) is 152 Å². The van der Waals surface area contributed by atoms with Gasteiger partial charge < -0.3 is 27.0 Å². The minimum absolute atomic E-state index is 0.691. The zero-order chi connectivity index (χ0) is 99.1. The van der Waals surface area contributed by atoms with E-state index >= 15 is 0 Å². The van der Waals surface area contributed by atoms with Gasteiger partial charge in [-0.3, -0.25) is 0 Å². The Bertz CT molecular complexity index is 9270. The molecule has 0 amide bonds. The molecule has 0 bridgehead atoms. The number of fused-ring (bicyclic) bond motifs is 21. The Kier molecular flexibility index (Phi) is 21.7. The predicted molar refractivity (Wildman–Crippen MR) is 621 cm³/mol. The first kappa shape index (κ1) is 87.6. The van der Waals surface area contributed by atoms with Gasteiger partial charge in [0.25, 0.3) is 0 Å². The van der Waals surface area contributed by atoms with Crippen molar-refractivity contribution in [1.29, 1.82) is 0 Å². The molecule has 0 saturated heterocycles. The fraction of sp³-hybridized carbons (Fsp3) is 0. The molecule has 0 aliphatic heterocycles. The maximum atomic E-state index is 6.93. The molecule has 0 N–H and O–H groups in total. The van der Waals surface area contributed by atoms with E-state index in [1.807, 2.05) is 54.6 Å². The molecule has 10 nitrogen and oxygen atoms in total. The van der Waals surface area contributed by atoms with Crippen LogP contribution in [-0.2, 0) is 0 Å². The number of nitrogens with zero attached hydrogens (tertiary/aromatic N) is 7. The largest absolute Gasteiger partial charge is 0.455 e. The van der Waals surface area contributed by atoms with Gasteiger partial charge in [-0.2, -0.15) is 0 Å². The monoisotopic (exact) mass is 1920 g/mol. The van der Waals surface area contributed by atoms with Gasteiger partial charge >= 0.3 is 0 Å². The molecule has 150 heavy (non-hydrogen) atoms. The quantitative estimate of drug-likeness (QED) is 0.101. The molecule has 0 saturated carbocycles. The molecule has 10 heteroatoms. The van der Waals surface area contributed by atoms with Crippen LogP contribution in [0.5, 0.6) is 0 Å². The summed E-state index contributed by atoms with van der Waals surface area (Å²) in [7, 11) is 0. The average Bonchev–Trinajstić information content (AvgIpc) is 1.56. The van der Waals surface area contributed by atoms with Gasteiger partial charge in [-0.1, -0.05) is 419 Å². The van der Waals surface area contributed by atoms with Crippen LogP contribution < -0.4 is 0 Å². The van der Waals surface area contributed by atoms with Crippen molar-refractivity contribution in [1.82, 2.24) is 33.6 Å². The van der Waals surface area contributed by atoms with Crippen LogP contribution in [0.2, 0.25) is 0 Å². The normalized spacial score (nSPS) is 11.6. The van der Waals surface area contributed by atoms with Crippen LogP contribution in [0.4, 0.5) is 0 Å². The molecule has 30 aromatic rings. The molecule has 0 spiro atoms. The van der Waals surface area contributed by atoms with Gasteiger partial charge in [0.15, 0.2) is 5.82 Å². The van der Waals surface area contributed by atoms with Crippen molar-refractivity contribution in [2.24, 2.45) is 0 Å². The highest BCUT2D eigenvalue weighted by atomic mass is 16.3. The van der Waals surface area contributed by atoms with Crippen LogP contribution in [0.3, 0.4) is 0 Å². The lowest BCUT2D eigenvalue weighted by atomic mass is 9.97. The number of aromatic nitrogens is 7. The van der Waals surface area contributed by atoms with Crippen LogP contribution in [0.1, 0.15) is 0 Å². The number of hydrogen-bond acceptors (Lipinski definition) is 7. The second-order valence-corrected chi connectivity index (χ2v) is 38.1. The Morgan fingerprint density at radius 3 is 0.653 bits per heavy atom. The van der Waals surface area contributed by atoms with E-state index in [0.717, 1.165) is 250 Å². The maximum absolute atomic E-state index is 6.93. The third-order valence-corrected chi connectivity index (χ3v) is 29.3. The Morgan fingerprint density at radius 1 is 0.133 bits per heavy atom. The van der Waals surface area contributed by atoms with Crippen molar-refractivity contribution in [2.75, 3.05) is 0 Å². The number of pyridine rings is 2. The zero-order valence-electron chi connectivity index (χ0n) is 81.2. The van der Waals surface area contributed by atoms with E-state index in [1.54, 1.807) is 0 Å².